The van der Waals surface area contributed by atoms with Crippen molar-refractivity contribution in [3.8, 4) is 5.75 Å². The van der Waals surface area contributed by atoms with Gasteiger partial charge in [0.2, 0.25) is 5.91 Å². The van der Waals surface area contributed by atoms with Crippen molar-refractivity contribution in [2.24, 2.45) is 5.92 Å². The van der Waals surface area contributed by atoms with Crippen LogP contribution < -0.4 is 4.74 Å². The molecule has 0 aliphatic heterocycles. The number of methoxy groups -OCH3 is 1. The third-order valence-corrected chi connectivity index (χ3v) is 3.19. The molecule has 0 spiro atoms. The largest absolute Gasteiger partial charge is 0.496 e. The Morgan fingerprint density at radius 1 is 1.53 bits per heavy atom. The standard InChI is InChI=1S/C13H16ClNO2/c1-15(13(16)9-3-4-9)8-10-7-11(14)5-6-12(10)17-2/h5-7,9H,3-4,8H2,1-2H3. The Labute approximate surface area is 106 Å². The molecule has 0 unspecified atom stereocenters. The molecule has 1 aliphatic rings. The van der Waals surface area contributed by atoms with E-state index in [0.29, 0.717) is 11.6 Å². The van der Waals surface area contributed by atoms with E-state index in [9.17, 15) is 4.79 Å². The lowest BCUT2D eigenvalue weighted by atomic mass is 10.2. The maximum Gasteiger partial charge on any atom is 0.225 e. The predicted molar refractivity (Wildman–Crippen MR) is 67.2 cm³/mol. The summed E-state index contributed by atoms with van der Waals surface area (Å²) in [5.41, 5.74) is 0.941. The molecule has 3 nitrogen and oxygen atoms in total. The van der Waals surface area contributed by atoms with Crippen molar-refractivity contribution in [1.82, 2.24) is 4.90 Å². The molecule has 0 saturated heterocycles. The van der Waals surface area contributed by atoms with Crippen molar-refractivity contribution in [1.29, 1.82) is 0 Å². The summed E-state index contributed by atoms with van der Waals surface area (Å²) in [7, 11) is 3.44. The van der Waals surface area contributed by atoms with Crippen molar-refractivity contribution in [3.05, 3.63) is 28.8 Å². The van der Waals surface area contributed by atoms with E-state index in [1.54, 1.807) is 18.1 Å². The molecular weight excluding hydrogens is 238 g/mol. The van der Waals surface area contributed by atoms with Gasteiger partial charge < -0.3 is 9.64 Å². The third kappa shape index (κ3) is 2.91. The molecule has 1 aliphatic carbocycles. The Bertz CT molecular complexity index is 429. The van der Waals surface area contributed by atoms with Gasteiger partial charge in [0.05, 0.1) is 7.11 Å². The van der Waals surface area contributed by atoms with Crippen LogP contribution in [0.25, 0.3) is 0 Å². The summed E-state index contributed by atoms with van der Waals surface area (Å²) < 4.78 is 5.26. The molecule has 1 aromatic carbocycles. The van der Waals surface area contributed by atoms with Crippen LogP contribution in [0, 0.1) is 5.92 Å². The second-order valence-electron chi connectivity index (χ2n) is 4.42. The first-order chi connectivity index (χ1) is 8.11. The smallest absolute Gasteiger partial charge is 0.225 e. The van der Waals surface area contributed by atoms with Gasteiger partial charge in [-0.15, -0.1) is 0 Å². The van der Waals surface area contributed by atoms with Gasteiger partial charge in [-0.2, -0.15) is 0 Å². The number of hydrogen-bond donors (Lipinski definition) is 0. The number of carbonyl (C=O) groups is 1. The van der Waals surface area contributed by atoms with Crippen LogP contribution in [0.2, 0.25) is 5.02 Å². The zero-order valence-electron chi connectivity index (χ0n) is 10.1. The third-order valence-electron chi connectivity index (χ3n) is 2.95. The van der Waals surface area contributed by atoms with Crippen molar-refractivity contribution in [2.75, 3.05) is 14.2 Å². The van der Waals surface area contributed by atoms with Crippen LogP contribution in [-0.2, 0) is 11.3 Å². The zero-order valence-corrected chi connectivity index (χ0v) is 10.8. The summed E-state index contributed by atoms with van der Waals surface area (Å²) in [6.45, 7) is 0.541. The predicted octanol–water partition coefficient (Wildman–Crippen LogP) is 2.72. The van der Waals surface area contributed by atoms with Crippen molar-refractivity contribution >= 4 is 17.5 Å². The summed E-state index contributed by atoms with van der Waals surface area (Å²) in [5, 5.41) is 0.660. The Morgan fingerprint density at radius 2 is 2.24 bits per heavy atom. The number of benzene rings is 1. The molecular formula is C13H16ClNO2. The Balaban J connectivity index is 2.10. The topological polar surface area (TPSA) is 29.5 Å². The lowest BCUT2D eigenvalue weighted by Crippen LogP contribution is -2.27. The highest BCUT2D eigenvalue weighted by Gasteiger charge is 2.32. The molecule has 0 aromatic heterocycles. The Morgan fingerprint density at radius 3 is 2.82 bits per heavy atom. The van der Waals surface area contributed by atoms with E-state index in [1.807, 2.05) is 19.2 Å². The molecule has 0 radical (unpaired) electrons. The van der Waals surface area contributed by atoms with Gasteiger partial charge in [-0.25, -0.2) is 0 Å². The fourth-order valence-corrected chi connectivity index (χ4v) is 2.04. The minimum Gasteiger partial charge on any atom is -0.496 e. The molecule has 1 fully saturated rings. The number of ether oxygens (including phenoxy) is 1. The van der Waals surface area contributed by atoms with Gasteiger partial charge in [0.25, 0.3) is 0 Å². The van der Waals surface area contributed by atoms with E-state index < -0.39 is 0 Å². The highest BCUT2D eigenvalue weighted by atomic mass is 35.5. The van der Waals surface area contributed by atoms with Crippen LogP contribution in [-0.4, -0.2) is 25.0 Å². The van der Waals surface area contributed by atoms with Crippen LogP contribution >= 0.6 is 11.6 Å². The van der Waals surface area contributed by atoms with Crippen LogP contribution in [0.3, 0.4) is 0 Å². The number of hydrogen-bond acceptors (Lipinski definition) is 2. The first kappa shape index (κ1) is 12.2. The fraction of sp³-hybridized carbons (Fsp3) is 0.462. The van der Waals surface area contributed by atoms with E-state index in [0.717, 1.165) is 24.2 Å². The Kier molecular flexibility index (Phi) is 3.57. The average molecular weight is 254 g/mol. The second kappa shape index (κ2) is 4.96. The fourth-order valence-electron chi connectivity index (χ4n) is 1.85. The van der Waals surface area contributed by atoms with Gasteiger partial charge in [-0.3, -0.25) is 4.79 Å². The summed E-state index contributed by atoms with van der Waals surface area (Å²) in [5.74, 6) is 1.22. The molecule has 0 N–H and O–H groups in total. The number of halogens is 1. The lowest BCUT2D eigenvalue weighted by molar-refractivity contribution is -0.131. The van der Waals surface area contributed by atoms with E-state index in [4.69, 9.17) is 16.3 Å². The highest BCUT2D eigenvalue weighted by Crippen LogP contribution is 2.32. The summed E-state index contributed by atoms with van der Waals surface area (Å²) in [4.78, 5) is 13.6. The number of carbonyl (C=O) groups excluding carboxylic acids is 1. The average Bonchev–Trinajstić information content (AvgIpc) is 3.12. The minimum absolute atomic E-state index is 0.215. The monoisotopic (exact) mass is 253 g/mol. The normalized spacial score (nSPS) is 14.5. The van der Waals surface area contributed by atoms with E-state index in [-0.39, 0.29) is 11.8 Å². The molecule has 0 atom stereocenters. The van der Waals surface area contributed by atoms with Gasteiger partial charge in [0.1, 0.15) is 5.75 Å². The second-order valence-corrected chi connectivity index (χ2v) is 4.86. The number of rotatable bonds is 4. The van der Waals surface area contributed by atoms with Gasteiger partial charge in [-0.1, -0.05) is 11.6 Å². The molecule has 0 bridgehead atoms. The molecule has 0 heterocycles. The lowest BCUT2D eigenvalue weighted by Gasteiger charge is -2.18. The maximum absolute atomic E-state index is 11.8. The number of nitrogens with zero attached hydrogens (tertiary/aromatic N) is 1. The minimum atomic E-state index is 0.215. The van der Waals surface area contributed by atoms with Crippen LogP contribution in [0.4, 0.5) is 0 Å². The van der Waals surface area contributed by atoms with E-state index in [2.05, 4.69) is 0 Å². The molecule has 1 aromatic rings. The molecule has 4 heteroatoms. The van der Waals surface area contributed by atoms with Gasteiger partial charge >= 0.3 is 0 Å². The molecule has 92 valence electrons. The number of amides is 1. The Hall–Kier alpha value is -1.22. The van der Waals surface area contributed by atoms with Crippen molar-refractivity contribution in [2.45, 2.75) is 19.4 Å². The summed E-state index contributed by atoms with van der Waals surface area (Å²) in [6, 6.07) is 5.46. The van der Waals surface area contributed by atoms with Gasteiger partial charge in [0.15, 0.2) is 0 Å². The first-order valence-electron chi connectivity index (χ1n) is 5.69. The van der Waals surface area contributed by atoms with E-state index in [1.165, 1.54) is 0 Å². The summed E-state index contributed by atoms with van der Waals surface area (Å²) in [6.07, 6.45) is 2.05. The van der Waals surface area contributed by atoms with Crippen LogP contribution in [0.15, 0.2) is 18.2 Å². The first-order valence-corrected chi connectivity index (χ1v) is 6.07. The van der Waals surface area contributed by atoms with Crippen molar-refractivity contribution in [3.63, 3.8) is 0 Å². The van der Waals surface area contributed by atoms with Crippen LogP contribution in [0.5, 0.6) is 5.75 Å². The molecule has 17 heavy (non-hydrogen) atoms. The van der Waals surface area contributed by atoms with E-state index >= 15 is 0 Å². The molecule has 1 amide bonds. The van der Waals surface area contributed by atoms with Crippen LogP contribution in [0.1, 0.15) is 18.4 Å². The maximum atomic E-state index is 11.8. The zero-order chi connectivity index (χ0) is 12.4. The highest BCUT2D eigenvalue weighted by molar-refractivity contribution is 6.30. The summed E-state index contributed by atoms with van der Waals surface area (Å²) >= 11 is 5.95. The van der Waals surface area contributed by atoms with Crippen molar-refractivity contribution < 1.29 is 9.53 Å². The quantitative estimate of drug-likeness (QED) is 0.826. The van der Waals surface area contributed by atoms with Gasteiger partial charge in [0, 0.05) is 30.1 Å². The van der Waals surface area contributed by atoms with Gasteiger partial charge in [-0.05, 0) is 31.0 Å². The molecule has 2 rings (SSSR count). The molecule has 1 saturated carbocycles. The SMILES string of the molecule is COc1ccc(Cl)cc1CN(C)C(=O)C1CC1.